The highest BCUT2D eigenvalue weighted by atomic mass is 35.5. The minimum atomic E-state index is -0.462. The number of hydrogen-bond donors (Lipinski definition) is 2. The number of nitrogens with one attached hydrogen (secondary N) is 2. The number of amides is 3. The van der Waals surface area contributed by atoms with Crippen LogP contribution in [0.2, 0.25) is 5.02 Å². The van der Waals surface area contributed by atoms with Crippen LogP contribution in [0, 0.1) is 5.92 Å². The van der Waals surface area contributed by atoms with Crippen molar-refractivity contribution in [1.82, 2.24) is 20.4 Å². The first-order valence-corrected chi connectivity index (χ1v) is 11.2. The molecule has 0 radical (unpaired) electrons. The zero-order chi connectivity index (χ0) is 22.5. The number of halogens is 1. The van der Waals surface area contributed by atoms with Gasteiger partial charge in [0.2, 0.25) is 15.9 Å². The number of benzene rings is 1. The lowest BCUT2D eigenvalue weighted by atomic mass is 9.96. The van der Waals surface area contributed by atoms with Crippen LogP contribution < -0.4 is 10.6 Å². The van der Waals surface area contributed by atoms with Crippen LogP contribution in [0.15, 0.2) is 47.1 Å². The summed E-state index contributed by atoms with van der Waals surface area (Å²) in [5.74, 6) is -0.279. The molecule has 3 amide bonds. The maximum absolute atomic E-state index is 12.8. The van der Waals surface area contributed by atoms with Crippen LogP contribution in [-0.4, -0.2) is 45.9 Å². The summed E-state index contributed by atoms with van der Waals surface area (Å²) in [5.41, 5.74) is 0.526. The molecule has 1 aliphatic rings. The van der Waals surface area contributed by atoms with Gasteiger partial charge in [0.05, 0.1) is 12.8 Å². The number of likely N-dealkylation sites (tertiary alicyclic amines) is 1. The average Bonchev–Trinajstić information content (AvgIpc) is 3.49. The third kappa shape index (κ3) is 5.32. The second-order valence-corrected chi connectivity index (χ2v) is 8.65. The van der Waals surface area contributed by atoms with Gasteiger partial charge in [-0.25, -0.2) is 0 Å². The molecule has 166 valence electrons. The standard InChI is InChI=1S/C21H20ClN5O4S/c22-14-3-1-4-15(11-14)24-18(29)19-25-26-20(32-19)21(30)27-8-6-13(7-9-27)17(28)23-12-16-5-2-10-31-16/h1-5,10-11,13H,6-9,12H2,(H,23,28)(H,24,29). The van der Waals surface area contributed by atoms with Crippen molar-refractivity contribution >= 4 is 46.3 Å². The summed E-state index contributed by atoms with van der Waals surface area (Å²) in [5, 5.41) is 14.0. The van der Waals surface area contributed by atoms with Gasteiger partial charge in [0.15, 0.2) is 0 Å². The molecule has 32 heavy (non-hydrogen) atoms. The lowest BCUT2D eigenvalue weighted by molar-refractivity contribution is -0.126. The Morgan fingerprint density at radius 2 is 1.91 bits per heavy atom. The fraction of sp³-hybridized carbons (Fsp3) is 0.286. The van der Waals surface area contributed by atoms with Crippen LogP contribution in [-0.2, 0) is 11.3 Å². The second-order valence-electron chi connectivity index (χ2n) is 7.24. The Morgan fingerprint density at radius 1 is 1.12 bits per heavy atom. The molecule has 0 aliphatic carbocycles. The van der Waals surface area contributed by atoms with Crippen molar-refractivity contribution in [3.8, 4) is 0 Å². The van der Waals surface area contributed by atoms with Gasteiger partial charge >= 0.3 is 0 Å². The van der Waals surface area contributed by atoms with E-state index in [9.17, 15) is 14.4 Å². The maximum atomic E-state index is 12.8. The molecule has 0 atom stereocenters. The predicted octanol–water partition coefficient (Wildman–Crippen LogP) is 3.21. The van der Waals surface area contributed by atoms with E-state index < -0.39 is 5.91 Å². The molecule has 9 nitrogen and oxygen atoms in total. The minimum Gasteiger partial charge on any atom is -0.467 e. The number of aromatic nitrogens is 2. The predicted molar refractivity (Wildman–Crippen MR) is 118 cm³/mol. The quantitative estimate of drug-likeness (QED) is 0.567. The second kappa shape index (κ2) is 9.92. The average molecular weight is 474 g/mol. The molecule has 2 aromatic heterocycles. The van der Waals surface area contributed by atoms with Gasteiger partial charge in [-0.3, -0.25) is 14.4 Å². The normalized spacial score (nSPS) is 14.2. The van der Waals surface area contributed by atoms with E-state index >= 15 is 0 Å². The van der Waals surface area contributed by atoms with Crippen molar-refractivity contribution in [3.05, 3.63) is 63.5 Å². The third-order valence-corrected chi connectivity index (χ3v) is 6.20. The molecule has 3 aromatic rings. The largest absolute Gasteiger partial charge is 0.467 e. The van der Waals surface area contributed by atoms with Crippen LogP contribution in [0.4, 0.5) is 5.69 Å². The number of carbonyl (C=O) groups is 3. The number of anilines is 1. The van der Waals surface area contributed by atoms with Gasteiger partial charge in [-0.1, -0.05) is 29.0 Å². The maximum Gasteiger partial charge on any atom is 0.286 e. The first kappa shape index (κ1) is 22.0. The van der Waals surface area contributed by atoms with Crippen molar-refractivity contribution in [2.45, 2.75) is 19.4 Å². The minimum absolute atomic E-state index is 0.0515. The van der Waals surface area contributed by atoms with Crippen molar-refractivity contribution in [3.63, 3.8) is 0 Å². The van der Waals surface area contributed by atoms with Crippen LogP contribution in [0.3, 0.4) is 0 Å². The fourth-order valence-corrected chi connectivity index (χ4v) is 4.26. The highest BCUT2D eigenvalue weighted by molar-refractivity contribution is 7.15. The number of piperidine rings is 1. The molecule has 0 saturated carbocycles. The Hall–Kier alpha value is -3.24. The first-order chi connectivity index (χ1) is 15.5. The Balaban J connectivity index is 1.28. The zero-order valence-electron chi connectivity index (χ0n) is 16.9. The Bertz CT molecular complexity index is 1110. The summed E-state index contributed by atoms with van der Waals surface area (Å²) in [6.07, 6.45) is 2.67. The first-order valence-electron chi connectivity index (χ1n) is 9.99. The topological polar surface area (TPSA) is 117 Å². The van der Waals surface area contributed by atoms with Gasteiger partial charge in [0.25, 0.3) is 11.8 Å². The molecule has 1 fully saturated rings. The summed E-state index contributed by atoms with van der Waals surface area (Å²) in [6.45, 7) is 1.21. The summed E-state index contributed by atoms with van der Waals surface area (Å²) in [4.78, 5) is 39.1. The molecule has 1 aromatic carbocycles. The highest BCUT2D eigenvalue weighted by Gasteiger charge is 2.29. The Morgan fingerprint density at radius 3 is 2.62 bits per heavy atom. The van der Waals surface area contributed by atoms with Gasteiger partial charge in [0, 0.05) is 29.7 Å². The molecule has 11 heteroatoms. The number of hydrogen-bond acceptors (Lipinski definition) is 7. The Kier molecular flexibility index (Phi) is 6.81. The van der Waals surface area contributed by atoms with Gasteiger partial charge in [-0.05, 0) is 43.2 Å². The summed E-state index contributed by atoms with van der Waals surface area (Å²) in [7, 11) is 0. The number of nitrogens with zero attached hydrogens (tertiary/aromatic N) is 3. The highest BCUT2D eigenvalue weighted by Crippen LogP contribution is 2.22. The van der Waals surface area contributed by atoms with Crippen LogP contribution >= 0.6 is 22.9 Å². The summed E-state index contributed by atoms with van der Waals surface area (Å²) >= 11 is 6.85. The van der Waals surface area contributed by atoms with E-state index in [-0.39, 0.29) is 27.7 Å². The third-order valence-electron chi connectivity index (χ3n) is 5.05. The summed E-state index contributed by atoms with van der Waals surface area (Å²) < 4.78 is 5.21. The van der Waals surface area contributed by atoms with Gasteiger partial charge < -0.3 is 20.0 Å². The van der Waals surface area contributed by atoms with Gasteiger partial charge in [-0.2, -0.15) is 0 Å². The van der Waals surface area contributed by atoms with Crippen molar-refractivity contribution in [1.29, 1.82) is 0 Å². The summed E-state index contributed by atoms with van der Waals surface area (Å²) in [6, 6.07) is 10.3. The molecule has 2 N–H and O–H groups in total. The lowest BCUT2D eigenvalue weighted by Gasteiger charge is -2.30. The fourth-order valence-electron chi connectivity index (χ4n) is 3.36. The SMILES string of the molecule is O=C(Nc1cccc(Cl)c1)c1nnc(C(=O)N2CCC(C(=O)NCc3ccco3)CC2)s1. The molecule has 0 unspecified atom stereocenters. The molecule has 0 spiro atoms. The van der Waals surface area contributed by atoms with Crippen LogP contribution in [0.1, 0.15) is 38.2 Å². The zero-order valence-corrected chi connectivity index (χ0v) is 18.5. The molecule has 4 rings (SSSR count). The van der Waals surface area contributed by atoms with E-state index in [1.807, 2.05) is 0 Å². The van der Waals surface area contributed by atoms with E-state index in [2.05, 4.69) is 20.8 Å². The molecular weight excluding hydrogens is 454 g/mol. The molecule has 3 heterocycles. The molecule has 0 bridgehead atoms. The van der Waals surface area contributed by atoms with E-state index in [0.29, 0.717) is 48.9 Å². The Labute approximate surface area is 192 Å². The smallest absolute Gasteiger partial charge is 0.286 e. The molecule has 1 aliphatic heterocycles. The van der Waals surface area contributed by atoms with Gasteiger partial charge in [-0.15, -0.1) is 10.2 Å². The van der Waals surface area contributed by atoms with Crippen molar-refractivity contribution < 1.29 is 18.8 Å². The van der Waals surface area contributed by atoms with E-state index in [1.165, 1.54) is 0 Å². The van der Waals surface area contributed by atoms with Crippen LogP contribution in [0.5, 0.6) is 0 Å². The number of carbonyl (C=O) groups excluding carboxylic acids is 3. The van der Waals surface area contributed by atoms with Crippen molar-refractivity contribution in [2.24, 2.45) is 5.92 Å². The van der Waals surface area contributed by atoms with E-state index in [4.69, 9.17) is 16.0 Å². The van der Waals surface area contributed by atoms with E-state index in [1.54, 1.807) is 47.6 Å². The number of rotatable bonds is 6. The molecule has 1 saturated heterocycles. The van der Waals surface area contributed by atoms with E-state index in [0.717, 1.165) is 11.3 Å². The van der Waals surface area contributed by atoms with Gasteiger partial charge in [0.1, 0.15) is 5.76 Å². The lowest BCUT2D eigenvalue weighted by Crippen LogP contribution is -2.42. The van der Waals surface area contributed by atoms with Crippen molar-refractivity contribution in [2.75, 3.05) is 18.4 Å². The number of furan rings is 1. The van der Waals surface area contributed by atoms with Crippen LogP contribution in [0.25, 0.3) is 0 Å². The molecular formula is C21H20ClN5O4S. The monoisotopic (exact) mass is 473 g/mol.